The lowest BCUT2D eigenvalue weighted by atomic mass is 9.81. The Morgan fingerprint density at radius 3 is 2.53 bits per heavy atom. The minimum absolute atomic E-state index is 0.488. The van der Waals surface area contributed by atoms with E-state index in [9.17, 15) is 5.26 Å². The van der Waals surface area contributed by atoms with Crippen molar-refractivity contribution in [3.8, 4) is 17.2 Å². The van der Waals surface area contributed by atoms with Crippen molar-refractivity contribution in [3.05, 3.63) is 89.7 Å². The molecule has 0 radical (unpaired) electrons. The highest BCUT2D eigenvalue weighted by Gasteiger charge is 2.49. The fraction of sp³-hybridized carbons (Fsp3) is 0.167. The van der Waals surface area contributed by atoms with Gasteiger partial charge in [-0.2, -0.15) is 5.26 Å². The predicted octanol–water partition coefficient (Wildman–Crippen LogP) is 3.30. The maximum absolute atomic E-state index is 9.28. The molecule has 0 aliphatic carbocycles. The number of hydrogen-bond donors (Lipinski definition) is 1. The van der Waals surface area contributed by atoms with Crippen LogP contribution < -0.4 is 5.73 Å². The summed E-state index contributed by atoms with van der Waals surface area (Å²) in [6, 6.07) is 22.0. The Morgan fingerprint density at radius 1 is 0.967 bits per heavy atom. The lowest BCUT2D eigenvalue weighted by Crippen LogP contribution is -2.46. The molecule has 6 nitrogen and oxygen atoms in total. The second-order valence-electron chi connectivity index (χ2n) is 7.40. The van der Waals surface area contributed by atoms with Crippen molar-refractivity contribution >= 4 is 11.8 Å². The highest BCUT2D eigenvalue weighted by atomic mass is 15.4. The van der Waals surface area contributed by atoms with Gasteiger partial charge in [0.25, 0.3) is 0 Å². The number of benzene rings is 2. The zero-order chi connectivity index (χ0) is 20.6. The molecule has 6 heteroatoms. The monoisotopic (exact) mass is 392 g/mol. The van der Waals surface area contributed by atoms with Gasteiger partial charge in [-0.05, 0) is 59.0 Å². The quantitative estimate of drug-likeness (QED) is 0.740. The van der Waals surface area contributed by atoms with Crippen LogP contribution in [-0.4, -0.2) is 34.8 Å². The van der Waals surface area contributed by atoms with Crippen LogP contribution in [0, 0.1) is 11.3 Å². The van der Waals surface area contributed by atoms with E-state index in [1.54, 1.807) is 12.4 Å². The average Bonchev–Trinajstić information content (AvgIpc) is 3.13. The second-order valence-corrected chi connectivity index (χ2v) is 7.40. The van der Waals surface area contributed by atoms with Crippen molar-refractivity contribution in [2.24, 2.45) is 15.7 Å². The summed E-state index contributed by atoms with van der Waals surface area (Å²) in [5.74, 6) is 1.35. The maximum atomic E-state index is 9.28. The van der Waals surface area contributed by atoms with Crippen LogP contribution in [0.3, 0.4) is 0 Å². The lowest BCUT2D eigenvalue weighted by molar-refractivity contribution is 0.531. The van der Waals surface area contributed by atoms with Gasteiger partial charge in [0.2, 0.25) is 0 Å². The molecule has 1 unspecified atom stereocenters. The zero-order valence-corrected chi connectivity index (χ0v) is 16.4. The van der Waals surface area contributed by atoms with Crippen molar-refractivity contribution in [2.75, 3.05) is 13.1 Å². The van der Waals surface area contributed by atoms with Gasteiger partial charge in [0.15, 0.2) is 11.5 Å². The van der Waals surface area contributed by atoms with Crippen LogP contribution in [-0.2, 0) is 5.54 Å². The summed E-state index contributed by atoms with van der Waals surface area (Å²) in [5, 5.41) is 9.28. The summed E-state index contributed by atoms with van der Waals surface area (Å²) in [4.78, 5) is 16.1. The highest BCUT2D eigenvalue weighted by molar-refractivity contribution is 6.12. The summed E-state index contributed by atoms with van der Waals surface area (Å²) in [5.41, 5.74) is 10.2. The maximum Gasteiger partial charge on any atom is 0.198 e. The Morgan fingerprint density at radius 2 is 1.73 bits per heavy atom. The molecule has 3 heterocycles. The normalized spacial score (nSPS) is 20.2. The van der Waals surface area contributed by atoms with Crippen LogP contribution in [0.1, 0.15) is 23.1 Å². The van der Waals surface area contributed by atoms with E-state index in [0.717, 1.165) is 47.6 Å². The molecular weight excluding hydrogens is 372 g/mol. The summed E-state index contributed by atoms with van der Waals surface area (Å²) in [6.07, 6.45) is 4.50. The van der Waals surface area contributed by atoms with Gasteiger partial charge in [-0.25, -0.2) is 4.99 Å². The zero-order valence-electron chi connectivity index (χ0n) is 16.4. The molecule has 0 bridgehead atoms. The summed E-state index contributed by atoms with van der Waals surface area (Å²) < 4.78 is 0. The number of fused-ring (bicyclic) bond motifs is 1. The molecular formula is C24H20N6. The SMILES string of the molecule is N#Cc1cccc(-c2cccc(C3(c4ccncc4)N=C(N)N4CCCN=C43)c2)c1. The van der Waals surface area contributed by atoms with Crippen LogP contribution in [0.15, 0.2) is 83.0 Å². The van der Waals surface area contributed by atoms with Gasteiger partial charge in [0, 0.05) is 25.5 Å². The van der Waals surface area contributed by atoms with Gasteiger partial charge in [0.1, 0.15) is 5.84 Å². The Balaban J connectivity index is 1.73. The van der Waals surface area contributed by atoms with Crippen molar-refractivity contribution in [3.63, 3.8) is 0 Å². The average molecular weight is 392 g/mol. The van der Waals surface area contributed by atoms with E-state index in [4.69, 9.17) is 15.7 Å². The first-order valence-electron chi connectivity index (χ1n) is 9.92. The Hall–Kier alpha value is -3.98. The third-order valence-electron chi connectivity index (χ3n) is 5.64. The van der Waals surface area contributed by atoms with E-state index >= 15 is 0 Å². The smallest absolute Gasteiger partial charge is 0.198 e. The second kappa shape index (κ2) is 7.12. The first-order valence-corrected chi connectivity index (χ1v) is 9.92. The van der Waals surface area contributed by atoms with E-state index in [1.165, 1.54) is 0 Å². The lowest BCUT2D eigenvalue weighted by Gasteiger charge is -2.33. The molecule has 1 aromatic heterocycles. The minimum atomic E-state index is -0.809. The number of rotatable bonds is 3. The molecule has 0 fully saturated rings. The van der Waals surface area contributed by atoms with Gasteiger partial charge in [-0.15, -0.1) is 0 Å². The van der Waals surface area contributed by atoms with Gasteiger partial charge < -0.3 is 5.73 Å². The molecule has 2 aliphatic rings. The minimum Gasteiger partial charge on any atom is -0.369 e. The summed E-state index contributed by atoms with van der Waals surface area (Å²) >= 11 is 0. The van der Waals surface area contributed by atoms with Crippen molar-refractivity contribution in [1.82, 2.24) is 9.88 Å². The number of nitrogens with zero attached hydrogens (tertiary/aromatic N) is 5. The molecule has 5 rings (SSSR count). The first-order chi connectivity index (χ1) is 14.7. The molecule has 2 aromatic carbocycles. The fourth-order valence-corrected chi connectivity index (χ4v) is 4.26. The van der Waals surface area contributed by atoms with Gasteiger partial charge in [-0.3, -0.25) is 14.9 Å². The number of hydrogen-bond acceptors (Lipinski definition) is 6. The fourth-order valence-electron chi connectivity index (χ4n) is 4.26. The van der Waals surface area contributed by atoms with Crippen molar-refractivity contribution in [1.29, 1.82) is 5.26 Å². The molecule has 0 spiro atoms. The van der Waals surface area contributed by atoms with Crippen LogP contribution >= 0.6 is 0 Å². The molecule has 146 valence electrons. The van der Waals surface area contributed by atoms with E-state index in [-0.39, 0.29) is 0 Å². The standard InChI is InChI=1S/C24H20N6/c25-16-17-4-1-5-18(14-17)19-6-2-7-21(15-19)24(20-8-11-27-12-9-20)22-28-10-3-13-30(22)23(26)29-24/h1-2,4-9,11-12,14-15H,3,10,13H2,(H2,26,29). The summed E-state index contributed by atoms with van der Waals surface area (Å²) in [7, 11) is 0. The number of aliphatic imine (C=N–C) groups is 2. The molecule has 2 N–H and O–H groups in total. The highest BCUT2D eigenvalue weighted by Crippen LogP contribution is 2.42. The van der Waals surface area contributed by atoms with Crippen LogP contribution in [0.5, 0.6) is 0 Å². The van der Waals surface area contributed by atoms with E-state index in [1.807, 2.05) is 53.4 Å². The van der Waals surface area contributed by atoms with E-state index in [2.05, 4.69) is 23.2 Å². The van der Waals surface area contributed by atoms with Crippen LogP contribution in [0.25, 0.3) is 11.1 Å². The van der Waals surface area contributed by atoms with Crippen LogP contribution in [0.2, 0.25) is 0 Å². The predicted molar refractivity (Wildman–Crippen MR) is 117 cm³/mol. The number of aromatic nitrogens is 1. The molecule has 30 heavy (non-hydrogen) atoms. The first kappa shape index (κ1) is 18.1. The van der Waals surface area contributed by atoms with Crippen LogP contribution in [0.4, 0.5) is 0 Å². The van der Waals surface area contributed by atoms with E-state index in [0.29, 0.717) is 11.5 Å². The Bertz CT molecular complexity index is 1210. The van der Waals surface area contributed by atoms with Gasteiger partial charge in [-0.1, -0.05) is 30.3 Å². The van der Waals surface area contributed by atoms with Crippen molar-refractivity contribution < 1.29 is 0 Å². The largest absolute Gasteiger partial charge is 0.369 e. The molecule has 0 amide bonds. The molecule has 3 aromatic rings. The van der Waals surface area contributed by atoms with E-state index < -0.39 is 5.54 Å². The van der Waals surface area contributed by atoms with Gasteiger partial charge >= 0.3 is 0 Å². The Kier molecular flexibility index (Phi) is 4.29. The number of nitrogens with two attached hydrogens (primary N) is 1. The molecule has 0 saturated carbocycles. The molecule has 2 aliphatic heterocycles. The topological polar surface area (TPSA) is 90.7 Å². The Labute approximate surface area is 175 Å². The number of guanidine groups is 1. The summed E-state index contributed by atoms with van der Waals surface area (Å²) in [6.45, 7) is 1.57. The van der Waals surface area contributed by atoms with Crippen molar-refractivity contribution in [2.45, 2.75) is 12.0 Å². The molecule has 1 atom stereocenters. The third-order valence-corrected chi connectivity index (χ3v) is 5.64. The molecule has 0 saturated heterocycles. The number of nitriles is 1. The number of amidine groups is 1. The number of pyridine rings is 1. The third kappa shape index (κ3) is 2.75. The van der Waals surface area contributed by atoms with Gasteiger partial charge in [0.05, 0.1) is 11.6 Å².